The van der Waals surface area contributed by atoms with Crippen LogP contribution >= 0.6 is 0 Å². The van der Waals surface area contributed by atoms with Gasteiger partial charge in [-0.1, -0.05) is 84.9 Å². The van der Waals surface area contributed by atoms with Crippen molar-refractivity contribution in [1.82, 2.24) is 0 Å². The Morgan fingerprint density at radius 3 is 0.708 bits per heavy atom. The minimum absolute atomic E-state index is 0.187. The molecule has 0 radical (unpaired) electrons. The van der Waals surface area contributed by atoms with E-state index in [0.717, 1.165) is 0 Å². The fraction of sp³-hybridized carbons (Fsp3) is 0.0625. The summed E-state index contributed by atoms with van der Waals surface area (Å²) in [6.45, 7) is 0. The summed E-state index contributed by atoms with van der Waals surface area (Å²) in [7, 11) is -12.6. The molecule has 16 heteroatoms. The quantitative estimate of drug-likeness (QED) is 0.0754. The number of hydrogen-bond donors (Lipinski definition) is 0. The van der Waals surface area contributed by atoms with Crippen molar-refractivity contribution in [2.45, 2.75) is 40.4 Å². The standard InChI is InChI=1S/C30H24S2.2CHF3O3S/c1-5-15-25(16-6-1)31(26-17-7-2-8-18-26)29-23-13-14-24-30(29)32(27-19-9-3-10-20-27)28-21-11-4-12-22-28;2*2-1(3,4)8(5,6)7/h1-24H;2*(H,5,6,7)/q+2;;/p-2. The first kappa shape index (κ1) is 38.6. The third-order valence-corrected chi connectivity index (χ3v) is 11.6. The van der Waals surface area contributed by atoms with Crippen LogP contribution in [0.3, 0.4) is 0 Å². The molecule has 5 rings (SSSR count). The van der Waals surface area contributed by atoms with E-state index in [-0.39, 0.29) is 21.8 Å². The van der Waals surface area contributed by atoms with Crippen LogP contribution in [-0.2, 0) is 42.0 Å². The summed E-state index contributed by atoms with van der Waals surface area (Å²) in [6, 6.07) is 52.7. The van der Waals surface area contributed by atoms with Gasteiger partial charge in [0, 0.05) is 0 Å². The molecule has 0 atom stereocenters. The molecule has 0 aromatic heterocycles. The second-order valence-corrected chi connectivity index (χ2v) is 15.8. The summed E-state index contributed by atoms with van der Waals surface area (Å²) >= 11 is 0. The minimum Gasteiger partial charge on any atom is -0.741 e. The summed E-state index contributed by atoms with van der Waals surface area (Å²) < 4.78 is 118. The molecule has 0 unspecified atom stereocenters. The molecule has 0 spiro atoms. The zero-order valence-corrected chi connectivity index (χ0v) is 27.5. The molecule has 0 aliphatic carbocycles. The normalized spacial score (nSPS) is 12.0. The molecular formula is C32H24F6O6S4. The lowest BCUT2D eigenvalue weighted by Gasteiger charge is -2.13. The van der Waals surface area contributed by atoms with Crippen molar-refractivity contribution in [3.05, 3.63) is 146 Å². The van der Waals surface area contributed by atoms with Crippen LogP contribution in [0.4, 0.5) is 26.3 Å². The Labute approximate surface area is 279 Å². The number of halogens is 6. The van der Waals surface area contributed by atoms with Gasteiger partial charge in [-0.05, 0) is 60.7 Å². The molecule has 0 N–H and O–H groups in total. The summed E-state index contributed by atoms with van der Waals surface area (Å²) in [4.78, 5) is 8.15. The van der Waals surface area contributed by atoms with Crippen LogP contribution in [0.2, 0.25) is 0 Å². The lowest BCUT2D eigenvalue weighted by molar-refractivity contribution is -0.0522. The van der Waals surface area contributed by atoms with Gasteiger partial charge in [0.25, 0.3) is 0 Å². The topological polar surface area (TPSA) is 114 Å². The first-order valence-electron chi connectivity index (χ1n) is 13.2. The SMILES string of the molecule is O=S(=O)([O-])C(F)(F)F.O=S(=O)([O-])C(F)(F)F.c1ccc([S+](c2ccccc2)c2ccccc2[S+](c2ccccc2)c2ccccc2)cc1. The summed E-state index contributed by atoms with van der Waals surface area (Å²) in [5.41, 5.74) is -11.3. The van der Waals surface area contributed by atoms with Gasteiger partial charge in [0.15, 0.2) is 39.8 Å². The Morgan fingerprint density at radius 1 is 0.375 bits per heavy atom. The van der Waals surface area contributed by atoms with E-state index in [9.17, 15) is 26.3 Å². The maximum Gasteiger partial charge on any atom is 0.485 e. The van der Waals surface area contributed by atoms with Crippen LogP contribution in [0, 0.1) is 0 Å². The highest BCUT2D eigenvalue weighted by molar-refractivity contribution is 8.00. The van der Waals surface area contributed by atoms with Crippen LogP contribution in [0.1, 0.15) is 0 Å². The maximum absolute atomic E-state index is 10.7. The molecule has 0 fully saturated rings. The number of alkyl halides is 6. The molecule has 0 saturated heterocycles. The summed E-state index contributed by atoms with van der Waals surface area (Å²) in [5.74, 6) is 0. The molecular weight excluding hydrogens is 723 g/mol. The van der Waals surface area contributed by atoms with Gasteiger partial charge in [0.1, 0.15) is 21.8 Å². The third kappa shape index (κ3) is 10.9. The molecule has 0 amide bonds. The highest BCUT2D eigenvalue weighted by atomic mass is 32.2. The molecule has 0 aliphatic heterocycles. The summed E-state index contributed by atoms with van der Waals surface area (Å²) in [6.07, 6.45) is 0. The van der Waals surface area contributed by atoms with E-state index in [1.807, 2.05) is 0 Å². The summed E-state index contributed by atoms with van der Waals surface area (Å²) in [5, 5.41) is 0. The maximum atomic E-state index is 10.7. The van der Waals surface area contributed by atoms with Gasteiger partial charge >= 0.3 is 11.0 Å². The molecule has 0 bridgehead atoms. The van der Waals surface area contributed by atoms with Gasteiger partial charge < -0.3 is 9.11 Å². The molecule has 0 saturated carbocycles. The molecule has 254 valence electrons. The minimum atomic E-state index is -6.09. The van der Waals surface area contributed by atoms with Crippen LogP contribution in [0.25, 0.3) is 0 Å². The smallest absolute Gasteiger partial charge is 0.485 e. The van der Waals surface area contributed by atoms with Crippen molar-refractivity contribution >= 4 is 42.0 Å². The highest BCUT2D eigenvalue weighted by Crippen LogP contribution is 2.40. The van der Waals surface area contributed by atoms with Crippen LogP contribution in [-0.4, -0.2) is 37.0 Å². The molecule has 5 aromatic rings. The largest absolute Gasteiger partial charge is 0.741 e. The molecule has 5 aromatic carbocycles. The van der Waals surface area contributed by atoms with Gasteiger partial charge in [-0.3, -0.25) is 0 Å². The second-order valence-electron chi connectivity index (χ2n) is 9.11. The molecule has 6 nitrogen and oxygen atoms in total. The Bertz CT molecular complexity index is 1720. The number of rotatable bonds is 6. The van der Waals surface area contributed by atoms with Crippen molar-refractivity contribution in [3.8, 4) is 0 Å². The average Bonchev–Trinajstić information content (AvgIpc) is 3.03. The zero-order valence-electron chi connectivity index (χ0n) is 24.2. The van der Waals surface area contributed by atoms with E-state index < -0.39 is 31.3 Å². The van der Waals surface area contributed by atoms with E-state index in [1.54, 1.807) is 0 Å². The molecule has 48 heavy (non-hydrogen) atoms. The lowest BCUT2D eigenvalue weighted by atomic mass is 10.3. The Hall–Kier alpha value is -3.80. The number of hydrogen-bond acceptors (Lipinski definition) is 6. The van der Waals surface area contributed by atoms with E-state index in [1.165, 1.54) is 29.4 Å². The molecule has 0 aliphatic rings. The van der Waals surface area contributed by atoms with E-state index in [2.05, 4.69) is 146 Å². The third-order valence-electron chi connectivity index (χ3n) is 5.77. The average molecular weight is 747 g/mol. The fourth-order valence-corrected chi connectivity index (χ4v) is 8.54. The van der Waals surface area contributed by atoms with E-state index in [0.29, 0.717) is 0 Å². The Kier molecular flexibility index (Phi) is 13.3. The first-order valence-corrected chi connectivity index (χ1v) is 18.5. The van der Waals surface area contributed by atoms with Crippen LogP contribution in [0.5, 0.6) is 0 Å². The van der Waals surface area contributed by atoms with Crippen LogP contribution < -0.4 is 0 Å². The number of benzene rings is 5. The highest BCUT2D eigenvalue weighted by Gasteiger charge is 2.40. The predicted octanol–water partition coefficient (Wildman–Crippen LogP) is 7.98. The van der Waals surface area contributed by atoms with Gasteiger partial charge in [0.05, 0.1) is 0 Å². The van der Waals surface area contributed by atoms with Gasteiger partial charge in [0.2, 0.25) is 9.79 Å². The lowest BCUT2D eigenvalue weighted by Crippen LogP contribution is -2.21. The first-order chi connectivity index (χ1) is 22.4. The fourth-order valence-electron chi connectivity index (χ4n) is 3.79. The van der Waals surface area contributed by atoms with Crippen molar-refractivity contribution in [2.75, 3.05) is 0 Å². The van der Waals surface area contributed by atoms with Crippen LogP contribution in [0.15, 0.2) is 175 Å². The van der Waals surface area contributed by atoms with Crippen molar-refractivity contribution < 1.29 is 52.3 Å². The Balaban J connectivity index is 0.000000325. The Morgan fingerprint density at radius 2 is 0.542 bits per heavy atom. The van der Waals surface area contributed by atoms with Crippen molar-refractivity contribution in [2.24, 2.45) is 0 Å². The van der Waals surface area contributed by atoms with Gasteiger partial charge in [-0.25, -0.2) is 16.8 Å². The van der Waals surface area contributed by atoms with Crippen molar-refractivity contribution in [1.29, 1.82) is 0 Å². The van der Waals surface area contributed by atoms with Gasteiger partial charge in [-0.15, -0.1) is 0 Å². The predicted molar refractivity (Wildman–Crippen MR) is 168 cm³/mol. The van der Waals surface area contributed by atoms with E-state index in [4.69, 9.17) is 25.9 Å². The van der Waals surface area contributed by atoms with Gasteiger partial charge in [-0.2, -0.15) is 26.3 Å². The molecule has 0 heterocycles. The zero-order chi connectivity index (χ0) is 35.6. The van der Waals surface area contributed by atoms with Crippen molar-refractivity contribution in [3.63, 3.8) is 0 Å². The van der Waals surface area contributed by atoms with E-state index >= 15 is 0 Å². The monoisotopic (exact) mass is 746 g/mol. The second kappa shape index (κ2) is 16.5.